The molecule has 9 heteroatoms. The van der Waals surface area contributed by atoms with Crippen LogP contribution in [0, 0.1) is 25.2 Å². The van der Waals surface area contributed by atoms with Crippen LogP contribution in [0.1, 0.15) is 28.9 Å². The fourth-order valence-corrected chi connectivity index (χ4v) is 4.97. The number of furan rings is 1. The first-order valence-corrected chi connectivity index (χ1v) is 11.1. The minimum absolute atomic E-state index is 0.0551. The number of rotatable bonds is 6. The molecule has 0 spiro atoms. The number of aryl methyl sites for hydroxylation is 2. The van der Waals surface area contributed by atoms with Crippen LogP contribution < -0.4 is 4.74 Å². The Bertz CT molecular complexity index is 1340. The molecule has 0 aliphatic carbocycles. The summed E-state index contributed by atoms with van der Waals surface area (Å²) in [5, 5.41) is 14.2. The van der Waals surface area contributed by atoms with Crippen molar-refractivity contribution in [2.24, 2.45) is 0 Å². The van der Waals surface area contributed by atoms with Crippen molar-refractivity contribution in [2.75, 3.05) is 6.61 Å². The lowest BCUT2D eigenvalue weighted by atomic mass is 10.2. The summed E-state index contributed by atoms with van der Waals surface area (Å²) in [6.07, 6.45) is 1.43. The molecule has 0 bridgehead atoms. The van der Waals surface area contributed by atoms with Crippen LogP contribution in [0.25, 0.3) is 16.3 Å². The van der Waals surface area contributed by atoms with Crippen molar-refractivity contribution in [1.82, 2.24) is 14.8 Å². The summed E-state index contributed by atoms with van der Waals surface area (Å²) in [4.78, 5) is 17.2. The van der Waals surface area contributed by atoms with E-state index in [1.807, 2.05) is 31.2 Å². The van der Waals surface area contributed by atoms with E-state index >= 15 is 0 Å². The lowest BCUT2D eigenvalue weighted by Gasteiger charge is -2.00. The second-order valence-electron chi connectivity index (χ2n) is 6.62. The Kier molecular flexibility index (Phi) is 5.93. The number of carbonyl (C=O) groups excluding carboxylic acids is 1. The number of hydrogen-bond donors (Lipinski definition) is 0. The molecular formula is C22H18N4O3S2. The Balaban J connectivity index is 1.53. The van der Waals surface area contributed by atoms with Crippen LogP contribution in [0.4, 0.5) is 0 Å². The van der Waals surface area contributed by atoms with Gasteiger partial charge in [0.2, 0.25) is 0 Å². The number of nitriles is 1. The fraction of sp³-hybridized carbons (Fsp3) is 0.182. The maximum absolute atomic E-state index is 12.6. The Labute approximate surface area is 187 Å². The van der Waals surface area contributed by atoms with Gasteiger partial charge in [0, 0.05) is 11.8 Å². The highest BCUT2D eigenvalue weighted by Crippen LogP contribution is 2.36. The Morgan fingerprint density at radius 1 is 1.32 bits per heavy atom. The molecule has 7 nitrogen and oxygen atoms in total. The van der Waals surface area contributed by atoms with Gasteiger partial charge in [0.15, 0.2) is 9.43 Å². The van der Waals surface area contributed by atoms with Crippen LogP contribution in [-0.2, 0) is 0 Å². The van der Waals surface area contributed by atoms with Gasteiger partial charge in [0.25, 0.3) is 5.91 Å². The number of ether oxygens (including phenoxy) is 1. The summed E-state index contributed by atoms with van der Waals surface area (Å²) in [5.74, 6) is 0.737. The second kappa shape index (κ2) is 8.79. The first-order chi connectivity index (χ1) is 15.0. The Hall–Kier alpha value is -3.35. The average Bonchev–Trinajstić information content (AvgIpc) is 3.44. The van der Waals surface area contributed by atoms with Crippen LogP contribution in [0.2, 0.25) is 0 Å². The summed E-state index contributed by atoms with van der Waals surface area (Å²) in [6.45, 7) is 6.12. The van der Waals surface area contributed by atoms with Crippen LogP contribution in [-0.4, -0.2) is 27.3 Å². The smallest absolute Gasteiger partial charge is 0.289 e. The van der Waals surface area contributed by atoms with Gasteiger partial charge >= 0.3 is 0 Å². The number of aromatic nitrogens is 3. The van der Waals surface area contributed by atoms with Gasteiger partial charge in [0.05, 0.1) is 22.5 Å². The van der Waals surface area contributed by atoms with Gasteiger partial charge in [0.1, 0.15) is 23.2 Å². The molecule has 3 heterocycles. The summed E-state index contributed by atoms with van der Waals surface area (Å²) in [7, 11) is 0. The van der Waals surface area contributed by atoms with Crippen molar-refractivity contribution < 1.29 is 13.9 Å². The third kappa shape index (κ3) is 4.55. The van der Waals surface area contributed by atoms with Gasteiger partial charge in [-0.15, -0.1) is 11.3 Å². The molecule has 0 aliphatic rings. The maximum atomic E-state index is 12.6. The van der Waals surface area contributed by atoms with Crippen LogP contribution >= 0.6 is 23.1 Å². The number of allylic oxidation sites excluding steroid dienone is 1. The van der Waals surface area contributed by atoms with Crippen LogP contribution in [0.3, 0.4) is 0 Å². The van der Waals surface area contributed by atoms with E-state index in [2.05, 4.69) is 10.1 Å². The molecule has 3 aromatic heterocycles. The third-order valence-electron chi connectivity index (χ3n) is 4.28. The largest absolute Gasteiger partial charge is 0.494 e. The fourth-order valence-electron chi connectivity index (χ4n) is 2.97. The van der Waals surface area contributed by atoms with Crippen molar-refractivity contribution in [2.45, 2.75) is 30.2 Å². The molecule has 0 radical (unpaired) electrons. The van der Waals surface area contributed by atoms with Crippen molar-refractivity contribution in [3.05, 3.63) is 59.1 Å². The van der Waals surface area contributed by atoms with Crippen LogP contribution in [0.5, 0.6) is 5.75 Å². The molecule has 4 aromatic rings. The van der Waals surface area contributed by atoms with Gasteiger partial charge < -0.3 is 9.15 Å². The van der Waals surface area contributed by atoms with Gasteiger partial charge in [-0.1, -0.05) is 0 Å². The summed E-state index contributed by atoms with van der Waals surface area (Å²) in [6, 6.07) is 13.0. The molecule has 31 heavy (non-hydrogen) atoms. The lowest BCUT2D eigenvalue weighted by molar-refractivity contribution is 0.0943. The second-order valence-corrected chi connectivity index (χ2v) is 8.90. The number of nitrogens with zero attached hydrogens (tertiary/aromatic N) is 4. The van der Waals surface area contributed by atoms with E-state index < -0.39 is 5.91 Å². The number of hydrogen-bond acceptors (Lipinski definition) is 8. The Morgan fingerprint density at radius 2 is 2.16 bits per heavy atom. The number of thiazole rings is 1. The molecule has 0 amide bonds. The first-order valence-electron chi connectivity index (χ1n) is 9.47. The van der Waals surface area contributed by atoms with Gasteiger partial charge in [-0.2, -0.15) is 10.4 Å². The number of carbonyl (C=O) groups is 1. The van der Waals surface area contributed by atoms with E-state index in [4.69, 9.17) is 9.15 Å². The zero-order chi connectivity index (χ0) is 22.0. The minimum Gasteiger partial charge on any atom is -0.494 e. The van der Waals surface area contributed by atoms with E-state index in [9.17, 15) is 10.1 Å². The van der Waals surface area contributed by atoms with E-state index in [0.29, 0.717) is 28.8 Å². The highest BCUT2D eigenvalue weighted by molar-refractivity contribution is 8.01. The monoisotopic (exact) mass is 450 g/mol. The van der Waals surface area contributed by atoms with Gasteiger partial charge in [-0.25, -0.2) is 9.67 Å². The lowest BCUT2D eigenvalue weighted by Crippen LogP contribution is -2.15. The quantitative estimate of drug-likeness (QED) is 0.283. The van der Waals surface area contributed by atoms with Crippen LogP contribution in [0.15, 0.2) is 55.8 Å². The van der Waals surface area contributed by atoms with Gasteiger partial charge in [-0.3, -0.25) is 4.79 Å². The molecule has 0 unspecified atom stereocenters. The van der Waals surface area contributed by atoms with Gasteiger partial charge in [-0.05, 0) is 68.9 Å². The first kappa shape index (κ1) is 20.9. The molecule has 1 aromatic carbocycles. The molecule has 0 atom stereocenters. The normalized spacial score (nSPS) is 11.6. The molecule has 0 saturated heterocycles. The zero-order valence-electron chi connectivity index (χ0n) is 17.1. The van der Waals surface area contributed by atoms with E-state index in [1.54, 1.807) is 43.4 Å². The van der Waals surface area contributed by atoms with E-state index in [-0.39, 0.29) is 5.57 Å². The van der Waals surface area contributed by atoms with E-state index in [1.165, 1.54) is 22.5 Å². The highest BCUT2D eigenvalue weighted by Gasteiger charge is 2.17. The predicted octanol–water partition coefficient (Wildman–Crippen LogP) is 5.50. The standard InChI is InChI=1S/C22H18N4O3S2/c1-4-28-16-5-7-18-19(11-16)30-22(24-18)31-20-8-6-17(29-20)10-15(12-23)21(27)26-14(3)9-13(2)25-26/h5-11H,4H2,1-3H3/b15-10+. The topological polar surface area (TPSA) is 93.9 Å². The molecule has 0 fully saturated rings. The average molecular weight is 451 g/mol. The third-order valence-corrected chi connectivity index (χ3v) is 6.28. The van der Waals surface area contributed by atoms with E-state index in [0.717, 1.165) is 20.3 Å². The Morgan fingerprint density at radius 3 is 2.87 bits per heavy atom. The molecule has 0 saturated carbocycles. The minimum atomic E-state index is -0.491. The SMILES string of the molecule is CCOc1ccc2nc(Sc3ccc(/C=C(\C#N)C(=O)n4nc(C)cc4C)o3)sc2c1. The van der Waals surface area contributed by atoms with Crippen molar-refractivity contribution in [3.8, 4) is 11.8 Å². The molecule has 156 valence electrons. The van der Waals surface area contributed by atoms with Crippen molar-refractivity contribution in [3.63, 3.8) is 0 Å². The zero-order valence-corrected chi connectivity index (χ0v) is 18.7. The predicted molar refractivity (Wildman–Crippen MR) is 120 cm³/mol. The summed E-state index contributed by atoms with van der Waals surface area (Å²) < 4.78 is 14.4. The molecular weight excluding hydrogens is 432 g/mol. The van der Waals surface area contributed by atoms with Crippen molar-refractivity contribution >= 4 is 45.3 Å². The summed E-state index contributed by atoms with van der Waals surface area (Å²) >= 11 is 2.93. The molecule has 0 aliphatic heterocycles. The van der Waals surface area contributed by atoms with Crippen molar-refractivity contribution in [1.29, 1.82) is 5.26 Å². The number of fused-ring (bicyclic) bond motifs is 1. The highest BCUT2D eigenvalue weighted by atomic mass is 32.2. The number of benzene rings is 1. The molecule has 4 rings (SSSR count). The maximum Gasteiger partial charge on any atom is 0.289 e. The molecule has 0 N–H and O–H groups in total. The summed E-state index contributed by atoms with van der Waals surface area (Å²) in [5.41, 5.74) is 2.22.